The molecule has 0 spiro atoms. The highest BCUT2D eigenvalue weighted by molar-refractivity contribution is 5.90. The fourth-order valence-electron chi connectivity index (χ4n) is 7.51. The molecule has 0 bridgehead atoms. The van der Waals surface area contributed by atoms with Crippen molar-refractivity contribution < 1.29 is 38.6 Å². The van der Waals surface area contributed by atoms with Crippen LogP contribution >= 0.6 is 0 Å². The van der Waals surface area contributed by atoms with Crippen LogP contribution in [0, 0.1) is 23.7 Å². The minimum atomic E-state index is -1.03. The average molecular weight is 792 g/mol. The van der Waals surface area contributed by atoms with Gasteiger partial charge in [-0.3, -0.25) is 19.3 Å². The standard InChI is InChI=1S/C22H43N3O4.C19H28N2O4.C2H6/c1-11-16(6)20(17(29-10)12-13-26)25(9)22(28)18(14(2)3)23-21(27)19(15(4)5)24(7)8;1-13(17(25-3)16-10-7-11-21(16)2)18(22)20-15(19(23)24)12-14-8-5-4-6-9-14;1-2/h13-20H,11-12H2,1-10H3,(H,23,27);4-6,8-9,13,15-17H,7,10-12H2,1-3H3,(H,20,22)(H,23,24);1-2H3/t16?,17?,18-,19?,20?;;/m0../s1. The summed E-state index contributed by atoms with van der Waals surface area (Å²) in [5.41, 5.74) is 0.877. The summed E-state index contributed by atoms with van der Waals surface area (Å²) in [7, 11) is 10.7. The second-order valence-corrected chi connectivity index (χ2v) is 15.7. The summed E-state index contributed by atoms with van der Waals surface area (Å²) >= 11 is 0. The molecule has 1 saturated heterocycles. The molecule has 0 aliphatic carbocycles. The van der Waals surface area contributed by atoms with Gasteiger partial charge >= 0.3 is 5.97 Å². The SMILES string of the molecule is CC.CCC(C)C(C(CC=O)OC)N(C)C(=O)[C@@H](NC(=O)C(C(C)C)N(C)C)C(C)C.COC(C(C)C(=O)NC(Cc1ccccc1)C(=O)O)C1CCCN1C. The number of benzene rings is 1. The Morgan fingerprint density at radius 1 is 0.929 bits per heavy atom. The number of likely N-dealkylation sites (N-methyl/N-ethyl adjacent to an activating group) is 3. The third kappa shape index (κ3) is 16.2. The number of amides is 3. The van der Waals surface area contributed by atoms with Crippen LogP contribution < -0.4 is 10.6 Å². The van der Waals surface area contributed by atoms with Gasteiger partial charge in [-0.1, -0.05) is 99.1 Å². The normalized spacial score (nSPS) is 18.5. The number of hydrogen-bond acceptors (Lipinski definition) is 9. The summed E-state index contributed by atoms with van der Waals surface area (Å²) in [6.45, 7) is 18.7. The maximum absolute atomic E-state index is 13.4. The molecule has 1 aliphatic heterocycles. The largest absolute Gasteiger partial charge is 0.480 e. The van der Waals surface area contributed by atoms with Gasteiger partial charge in [0, 0.05) is 40.2 Å². The van der Waals surface area contributed by atoms with Crippen LogP contribution in [0.4, 0.5) is 0 Å². The van der Waals surface area contributed by atoms with E-state index in [9.17, 15) is 29.1 Å². The molecular formula is C43H77N5O8. The van der Waals surface area contributed by atoms with Gasteiger partial charge in [0.25, 0.3) is 0 Å². The fourth-order valence-corrected chi connectivity index (χ4v) is 7.51. The molecule has 0 saturated carbocycles. The monoisotopic (exact) mass is 792 g/mol. The Bertz CT molecular complexity index is 1290. The van der Waals surface area contributed by atoms with Crippen molar-refractivity contribution in [1.82, 2.24) is 25.3 Å². The zero-order valence-electron chi connectivity index (χ0n) is 37.2. The molecule has 322 valence electrons. The van der Waals surface area contributed by atoms with Crippen LogP contribution in [0.1, 0.15) is 93.6 Å². The summed E-state index contributed by atoms with van der Waals surface area (Å²) in [5, 5.41) is 15.1. The summed E-state index contributed by atoms with van der Waals surface area (Å²) in [4.78, 5) is 67.4. The van der Waals surface area contributed by atoms with Crippen molar-refractivity contribution in [3.63, 3.8) is 0 Å². The predicted molar refractivity (Wildman–Crippen MR) is 223 cm³/mol. The van der Waals surface area contributed by atoms with E-state index in [0.717, 1.165) is 37.7 Å². The van der Waals surface area contributed by atoms with Gasteiger partial charge in [-0.2, -0.15) is 0 Å². The molecule has 13 nitrogen and oxygen atoms in total. The summed E-state index contributed by atoms with van der Waals surface area (Å²) in [6.07, 6.45) is 3.58. The predicted octanol–water partition coefficient (Wildman–Crippen LogP) is 4.76. The van der Waals surface area contributed by atoms with Gasteiger partial charge < -0.3 is 39.8 Å². The lowest BCUT2D eigenvalue weighted by atomic mass is 9.90. The molecule has 3 amide bonds. The molecule has 9 atom stereocenters. The van der Waals surface area contributed by atoms with Crippen LogP contribution in [0.15, 0.2) is 30.3 Å². The van der Waals surface area contributed by atoms with E-state index in [4.69, 9.17) is 9.47 Å². The number of nitrogens with zero attached hydrogens (tertiary/aromatic N) is 3. The highest BCUT2D eigenvalue weighted by atomic mass is 16.5. The molecule has 1 aliphatic rings. The van der Waals surface area contributed by atoms with Crippen molar-refractivity contribution in [3.05, 3.63) is 35.9 Å². The van der Waals surface area contributed by atoms with Crippen LogP contribution in [0.3, 0.4) is 0 Å². The molecule has 1 aromatic carbocycles. The van der Waals surface area contributed by atoms with Gasteiger partial charge in [-0.15, -0.1) is 0 Å². The lowest BCUT2D eigenvalue weighted by molar-refractivity contribution is -0.144. The minimum absolute atomic E-state index is 0.0754. The first-order valence-corrected chi connectivity index (χ1v) is 20.4. The number of carbonyl (C=O) groups is 5. The van der Waals surface area contributed by atoms with Crippen LogP contribution in [-0.2, 0) is 39.9 Å². The molecule has 0 aromatic heterocycles. The molecule has 13 heteroatoms. The van der Waals surface area contributed by atoms with E-state index < -0.39 is 24.0 Å². The van der Waals surface area contributed by atoms with Crippen molar-refractivity contribution >= 4 is 30.0 Å². The highest BCUT2D eigenvalue weighted by Crippen LogP contribution is 2.25. The van der Waals surface area contributed by atoms with Crippen molar-refractivity contribution in [3.8, 4) is 0 Å². The quantitative estimate of drug-likeness (QED) is 0.148. The first-order chi connectivity index (χ1) is 26.4. The Morgan fingerprint density at radius 2 is 1.52 bits per heavy atom. The Hall–Kier alpha value is -3.39. The Morgan fingerprint density at radius 3 is 1.93 bits per heavy atom. The zero-order valence-corrected chi connectivity index (χ0v) is 37.2. The third-order valence-corrected chi connectivity index (χ3v) is 10.8. The zero-order chi connectivity index (χ0) is 43.3. The number of likely N-dealkylation sites (tertiary alicyclic amines) is 1. The Balaban J connectivity index is 0.00000104. The minimum Gasteiger partial charge on any atom is -0.480 e. The smallest absolute Gasteiger partial charge is 0.326 e. The number of hydrogen-bond donors (Lipinski definition) is 3. The van der Waals surface area contributed by atoms with Gasteiger partial charge in [-0.05, 0) is 63.8 Å². The van der Waals surface area contributed by atoms with Crippen molar-refractivity contribution in [2.75, 3.05) is 49.0 Å². The van der Waals surface area contributed by atoms with E-state index >= 15 is 0 Å². The first-order valence-electron chi connectivity index (χ1n) is 20.4. The molecular weight excluding hydrogens is 714 g/mol. The van der Waals surface area contributed by atoms with Crippen LogP contribution in [0.5, 0.6) is 0 Å². The van der Waals surface area contributed by atoms with Crippen LogP contribution in [-0.4, -0.2) is 141 Å². The number of aliphatic carboxylic acids is 1. The summed E-state index contributed by atoms with van der Waals surface area (Å²) < 4.78 is 11.1. The number of carboxylic acids is 1. The lowest BCUT2D eigenvalue weighted by Crippen LogP contribution is -2.59. The molecule has 1 fully saturated rings. The number of carboxylic acid groups (broad SMARTS) is 1. The summed E-state index contributed by atoms with van der Waals surface area (Å²) in [6, 6.07) is 7.32. The molecule has 3 N–H and O–H groups in total. The van der Waals surface area contributed by atoms with Gasteiger partial charge in [0.15, 0.2) is 0 Å². The van der Waals surface area contributed by atoms with E-state index in [0.29, 0.717) is 0 Å². The number of nitrogens with one attached hydrogen (secondary N) is 2. The van der Waals surface area contributed by atoms with Gasteiger partial charge in [0.05, 0.1) is 30.2 Å². The van der Waals surface area contributed by atoms with Gasteiger partial charge in [-0.25, -0.2) is 4.79 Å². The van der Waals surface area contributed by atoms with Crippen LogP contribution in [0.2, 0.25) is 0 Å². The second-order valence-electron chi connectivity index (χ2n) is 15.7. The van der Waals surface area contributed by atoms with Crippen LogP contribution in [0.25, 0.3) is 0 Å². The van der Waals surface area contributed by atoms with Crippen molar-refractivity contribution in [2.24, 2.45) is 23.7 Å². The Kier molecular flexibility index (Phi) is 25.6. The fraction of sp³-hybridized carbons (Fsp3) is 0.744. The summed E-state index contributed by atoms with van der Waals surface area (Å²) in [5.74, 6) is -1.87. The molecule has 0 radical (unpaired) electrons. The van der Waals surface area contributed by atoms with E-state index in [-0.39, 0.29) is 78.7 Å². The maximum Gasteiger partial charge on any atom is 0.326 e. The van der Waals surface area contributed by atoms with Crippen molar-refractivity contribution in [2.45, 2.75) is 137 Å². The van der Waals surface area contributed by atoms with Crippen molar-refractivity contribution in [1.29, 1.82) is 0 Å². The molecule has 1 heterocycles. The van der Waals surface area contributed by atoms with E-state index in [1.807, 2.05) is 97.9 Å². The first kappa shape index (κ1) is 52.6. The Labute approximate surface area is 338 Å². The van der Waals surface area contributed by atoms with Gasteiger partial charge in [0.1, 0.15) is 18.4 Å². The number of methoxy groups -OCH3 is 2. The third-order valence-electron chi connectivity index (χ3n) is 10.8. The number of rotatable bonds is 21. The lowest BCUT2D eigenvalue weighted by Gasteiger charge is -2.40. The van der Waals surface area contributed by atoms with E-state index in [1.54, 1.807) is 33.1 Å². The van der Waals surface area contributed by atoms with Gasteiger partial charge in [0.2, 0.25) is 17.7 Å². The maximum atomic E-state index is 13.4. The molecule has 56 heavy (non-hydrogen) atoms. The number of carbonyl (C=O) groups excluding carboxylic acids is 4. The molecule has 8 unspecified atom stereocenters. The average Bonchev–Trinajstić information content (AvgIpc) is 3.58. The topological polar surface area (TPSA) is 158 Å². The molecule has 2 rings (SSSR count). The number of ether oxygens (including phenoxy) is 2. The molecule has 1 aromatic rings. The second kappa shape index (κ2) is 27.3. The number of aldehydes is 1. The van der Waals surface area contributed by atoms with E-state index in [1.165, 1.54) is 0 Å². The highest BCUT2D eigenvalue weighted by Gasteiger charge is 2.39. The van der Waals surface area contributed by atoms with E-state index in [2.05, 4.69) is 29.4 Å².